The monoisotopic (exact) mass is 183 g/mol. The molecular weight excluding hydrogens is 174 g/mol. The quantitative estimate of drug-likeness (QED) is 0.522. The first-order valence-corrected chi connectivity index (χ1v) is 3.51. The van der Waals surface area contributed by atoms with Crippen molar-refractivity contribution in [3.8, 4) is 0 Å². The molecule has 0 aliphatic rings. The Morgan fingerprint density at radius 2 is 2.46 bits per heavy atom. The van der Waals surface area contributed by atoms with Crippen LogP contribution in [0.4, 0.5) is 0 Å². The second kappa shape index (κ2) is 3.81. The smallest absolute Gasteiger partial charge is 0.281 e. The Hall–Kier alpha value is -1.69. The molecule has 0 saturated heterocycles. The van der Waals surface area contributed by atoms with Crippen molar-refractivity contribution in [2.75, 3.05) is 14.2 Å². The molecule has 0 radical (unpaired) electrons. The first-order chi connectivity index (χ1) is 6.20. The summed E-state index contributed by atoms with van der Waals surface area (Å²) in [7, 11) is 2.81. The summed E-state index contributed by atoms with van der Waals surface area (Å²) < 4.78 is 0. The SMILES string of the molecule is CON(C)C(=O)c1cn[nH]c1C=O. The van der Waals surface area contributed by atoms with Crippen molar-refractivity contribution in [1.29, 1.82) is 0 Å². The van der Waals surface area contributed by atoms with Gasteiger partial charge in [-0.2, -0.15) is 5.10 Å². The van der Waals surface area contributed by atoms with Crippen molar-refractivity contribution in [2.24, 2.45) is 0 Å². The molecule has 1 N–H and O–H groups in total. The number of aromatic amines is 1. The number of nitrogens with one attached hydrogen (secondary N) is 1. The van der Waals surface area contributed by atoms with E-state index in [1.807, 2.05) is 0 Å². The summed E-state index contributed by atoms with van der Waals surface area (Å²) in [5.74, 6) is -0.418. The van der Waals surface area contributed by atoms with Gasteiger partial charge < -0.3 is 0 Å². The Labute approximate surface area is 74.4 Å². The van der Waals surface area contributed by atoms with Crippen LogP contribution in [-0.4, -0.2) is 41.6 Å². The molecule has 1 rings (SSSR count). The molecule has 0 spiro atoms. The van der Waals surface area contributed by atoms with Crippen LogP contribution in [0.1, 0.15) is 20.8 Å². The molecule has 0 fully saturated rings. The van der Waals surface area contributed by atoms with Crippen LogP contribution in [0.15, 0.2) is 6.20 Å². The highest BCUT2D eigenvalue weighted by Gasteiger charge is 2.16. The zero-order valence-electron chi connectivity index (χ0n) is 7.27. The third-order valence-electron chi connectivity index (χ3n) is 1.58. The van der Waals surface area contributed by atoms with Crippen LogP contribution >= 0.6 is 0 Å². The molecule has 0 aliphatic heterocycles. The van der Waals surface area contributed by atoms with Crippen LogP contribution in [0.25, 0.3) is 0 Å². The van der Waals surface area contributed by atoms with Gasteiger partial charge in [-0.1, -0.05) is 0 Å². The van der Waals surface area contributed by atoms with Crippen LogP contribution < -0.4 is 0 Å². The third-order valence-corrected chi connectivity index (χ3v) is 1.58. The van der Waals surface area contributed by atoms with Gasteiger partial charge in [0.15, 0.2) is 6.29 Å². The Bertz CT molecular complexity index is 321. The minimum absolute atomic E-state index is 0.147. The average molecular weight is 183 g/mol. The maximum atomic E-state index is 11.4. The molecule has 6 nitrogen and oxygen atoms in total. The summed E-state index contributed by atoms with van der Waals surface area (Å²) in [6.07, 6.45) is 1.81. The molecule has 0 saturated carbocycles. The largest absolute Gasteiger partial charge is 0.296 e. The van der Waals surface area contributed by atoms with E-state index in [1.165, 1.54) is 20.4 Å². The average Bonchev–Trinajstić information content (AvgIpc) is 2.62. The molecule has 13 heavy (non-hydrogen) atoms. The van der Waals surface area contributed by atoms with Gasteiger partial charge in [-0.25, -0.2) is 5.06 Å². The highest BCUT2D eigenvalue weighted by molar-refractivity contribution is 5.99. The Morgan fingerprint density at radius 1 is 1.77 bits per heavy atom. The summed E-state index contributed by atoms with van der Waals surface area (Å²) in [5, 5.41) is 6.98. The second-order valence-corrected chi connectivity index (χ2v) is 2.30. The molecule has 0 aromatic carbocycles. The van der Waals surface area contributed by atoms with Crippen molar-refractivity contribution in [2.45, 2.75) is 0 Å². The summed E-state index contributed by atoms with van der Waals surface area (Å²) in [6, 6.07) is 0. The van der Waals surface area contributed by atoms with E-state index in [4.69, 9.17) is 0 Å². The van der Waals surface area contributed by atoms with Crippen molar-refractivity contribution in [3.63, 3.8) is 0 Å². The predicted octanol–water partition coefficient (Wildman–Crippen LogP) is -0.144. The standard InChI is InChI=1S/C7H9N3O3/c1-10(13-2)7(12)5-3-8-9-6(5)4-11/h3-4H,1-2H3,(H,8,9). The maximum absolute atomic E-state index is 11.4. The Balaban J connectivity index is 2.94. The first-order valence-electron chi connectivity index (χ1n) is 3.51. The summed E-state index contributed by atoms with van der Waals surface area (Å²) in [5.41, 5.74) is 0.341. The van der Waals surface area contributed by atoms with Crippen molar-refractivity contribution >= 4 is 12.2 Å². The van der Waals surface area contributed by atoms with Crippen LogP contribution in [-0.2, 0) is 4.84 Å². The fourth-order valence-electron chi connectivity index (χ4n) is 0.809. The zero-order valence-corrected chi connectivity index (χ0v) is 7.27. The van der Waals surface area contributed by atoms with Gasteiger partial charge in [0.1, 0.15) is 5.69 Å². The lowest BCUT2D eigenvalue weighted by Gasteiger charge is -2.11. The van der Waals surface area contributed by atoms with E-state index in [0.717, 1.165) is 5.06 Å². The Morgan fingerprint density at radius 3 is 3.00 bits per heavy atom. The lowest BCUT2D eigenvalue weighted by atomic mass is 10.2. The molecule has 70 valence electrons. The van der Waals surface area contributed by atoms with Gasteiger partial charge in [0, 0.05) is 7.05 Å². The molecule has 1 heterocycles. The predicted molar refractivity (Wildman–Crippen MR) is 43.1 cm³/mol. The van der Waals surface area contributed by atoms with Gasteiger partial charge in [-0.05, 0) is 0 Å². The van der Waals surface area contributed by atoms with E-state index in [0.29, 0.717) is 6.29 Å². The molecule has 0 atom stereocenters. The van der Waals surface area contributed by atoms with Gasteiger partial charge in [-0.3, -0.25) is 19.5 Å². The number of aromatic nitrogens is 2. The fraction of sp³-hybridized carbons (Fsp3) is 0.286. The first kappa shape index (κ1) is 9.40. The summed E-state index contributed by atoms with van der Waals surface area (Å²) in [4.78, 5) is 26.5. The van der Waals surface area contributed by atoms with Crippen molar-refractivity contribution < 1.29 is 14.4 Å². The van der Waals surface area contributed by atoms with Crippen LogP contribution in [0.3, 0.4) is 0 Å². The molecule has 1 aromatic rings. The number of hydrogen-bond acceptors (Lipinski definition) is 4. The molecule has 0 unspecified atom stereocenters. The third kappa shape index (κ3) is 1.73. The fourth-order valence-corrected chi connectivity index (χ4v) is 0.809. The van der Waals surface area contributed by atoms with Crippen molar-refractivity contribution in [3.05, 3.63) is 17.5 Å². The van der Waals surface area contributed by atoms with E-state index < -0.39 is 5.91 Å². The lowest BCUT2D eigenvalue weighted by molar-refractivity contribution is -0.0757. The van der Waals surface area contributed by atoms with E-state index in [1.54, 1.807) is 0 Å². The van der Waals surface area contributed by atoms with E-state index in [2.05, 4.69) is 15.0 Å². The van der Waals surface area contributed by atoms with Gasteiger partial charge in [0.2, 0.25) is 0 Å². The maximum Gasteiger partial charge on any atom is 0.281 e. The molecular formula is C7H9N3O3. The number of amides is 1. The highest BCUT2D eigenvalue weighted by atomic mass is 16.7. The molecule has 0 bridgehead atoms. The number of H-pyrrole nitrogens is 1. The zero-order chi connectivity index (χ0) is 9.84. The van der Waals surface area contributed by atoms with Crippen LogP contribution in [0.5, 0.6) is 0 Å². The normalized spacial score (nSPS) is 9.69. The van der Waals surface area contributed by atoms with E-state index in [9.17, 15) is 9.59 Å². The minimum Gasteiger partial charge on any atom is -0.296 e. The van der Waals surface area contributed by atoms with E-state index >= 15 is 0 Å². The minimum atomic E-state index is -0.418. The van der Waals surface area contributed by atoms with Gasteiger partial charge in [-0.15, -0.1) is 0 Å². The number of carbonyl (C=O) groups is 2. The number of hydroxylamine groups is 2. The van der Waals surface area contributed by atoms with Gasteiger partial charge in [0.25, 0.3) is 5.91 Å². The Kier molecular flexibility index (Phi) is 2.76. The topological polar surface area (TPSA) is 75.3 Å². The number of hydrogen-bond donors (Lipinski definition) is 1. The molecule has 1 aromatic heterocycles. The van der Waals surface area contributed by atoms with Crippen LogP contribution in [0, 0.1) is 0 Å². The number of aldehydes is 1. The van der Waals surface area contributed by atoms with Gasteiger partial charge in [0.05, 0.1) is 18.9 Å². The number of carbonyl (C=O) groups excluding carboxylic acids is 2. The second-order valence-electron chi connectivity index (χ2n) is 2.30. The summed E-state index contributed by atoms with van der Waals surface area (Å²) >= 11 is 0. The van der Waals surface area contributed by atoms with Gasteiger partial charge >= 0.3 is 0 Å². The lowest BCUT2D eigenvalue weighted by Crippen LogP contribution is -2.25. The number of nitrogens with zero attached hydrogens (tertiary/aromatic N) is 2. The summed E-state index contributed by atoms with van der Waals surface area (Å²) in [6.45, 7) is 0. The van der Waals surface area contributed by atoms with Crippen LogP contribution in [0.2, 0.25) is 0 Å². The van der Waals surface area contributed by atoms with E-state index in [-0.39, 0.29) is 11.3 Å². The molecule has 0 aliphatic carbocycles. The highest BCUT2D eigenvalue weighted by Crippen LogP contribution is 2.05. The molecule has 1 amide bonds. The molecule has 6 heteroatoms. The van der Waals surface area contributed by atoms with Crippen molar-refractivity contribution in [1.82, 2.24) is 15.3 Å². The number of rotatable bonds is 3.